The van der Waals surface area contributed by atoms with Crippen LogP contribution in [0.4, 0.5) is 5.69 Å². The fraction of sp³-hybridized carbons (Fsp3) is 0.222. The second-order valence-electron chi connectivity index (χ2n) is 5.43. The molecule has 0 atom stereocenters. The van der Waals surface area contributed by atoms with Crippen LogP contribution < -0.4 is 5.32 Å². The number of fused-ring (bicyclic) bond motifs is 1. The first kappa shape index (κ1) is 14.2. The highest BCUT2D eigenvalue weighted by Crippen LogP contribution is 2.27. The lowest BCUT2D eigenvalue weighted by atomic mass is 9.94. The number of amides is 1. The number of aromatic nitrogens is 1. The summed E-state index contributed by atoms with van der Waals surface area (Å²) >= 11 is 0. The number of ketones is 1. The molecule has 4 heteroatoms. The van der Waals surface area contributed by atoms with Gasteiger partial charge in [0.15, 0.2) is 5.78 Å². The molecule has 1 aliphatic carbocycles. The largest absolute Gasteiger partial charge is 0.354 e. The number of rotatable bonds is 2. The monoisotopic (exact) mass is 292 g/mol. The number of anilines is 1. The molecule has 0 fully saturated rings. The Kier molecular flexibility index (Phi) is 3.56. The minimum Gasteiger partial charge on any atom is -0.354 e. The van der Waals surface area contributed by atoms with Crippen LogP contribution in [0.3, 0.4) is 0 Å². The van der Waals surface area contributed by atoms with Crippen LogP contribution in [0.5, 0.6) is 0 Å². The molecule has 1 amide bonds. The molecule has 0 spiro atoms. The first-order valence-corrected chi connectivity index (χ1v) is 7.23. The van der Waals surface area contributed by atoms with Gasteiger partial charge >= 0.3 is 0 Å². The highest BCUT2D eigenvalue weighted by Gasteiger charge is 2.26. The SMILES string of the molecule is C#Cc1cccc(NC(=O)c2[nH]c3c(c2C)C(=O)CCC3)c1. The number of carbonyl (C=O) groups is 2. The van der Waals surface area contributed by atoms with E-state index in [1.807, 2.05) is 6.92 Å². The third kappa shape index (κ3) is 2.42. The van der Waals surface area contributed by atoms with Gasteiger partial charge in [-0.25, -0.2) is 0 Å². The van der Waals surface area contributed by atoms with E-state index >= 15 is 0 Å². The Morgan fingerprint density at radius 3 is 2.91 bits per heavy atom. The first-order chi connectivity index (χ1) is 10.6. The van der Waals surface area contributed by atoms with Crippen molar-refractivity contribution in [3.05, 3.63) is 52.3 Å². The lowest BCUT2D eigenvalue weighted by Gasteiger charge is -2.09. The van der Waals surface area contributed by atoms with Gasteiger partial charge < -0.3 is 10.3 Å². The zero-order valence-corrected chi connectivity index (χ0v) is 12.3. The topological polar surface area (TPSA) is 62.0 Å². The van der Waals surface area contributed by atoms with Crippen molar-refractivity contribution in [3.63, 3.8) is 0 Å². The summed E-state index contributed by atoms with van der Waals surface area (Å²) in [7, 11) is 0. The summed E-state index contributed by atoms with van der Waals surface area (Å²) in [4.78, 5) is 27.6. The lowest BCUT2D eigenvalue weighted by Crippen LogP contribution is -2.14. The lowest BCUT2D eigenvalue weighted by molar-refractivity contribution is 0.0971. The predicted octanol–water partition coefficient (Wildman–Crippen LogP) is 3.08. The molecular formula is C18H16N2O2. The van der Waals surface area contributed by atoms with Gasteiger partial charge in [-0.15, -0.1) is 6.42 Å². The molecule has 110 valence electrons. The number of hydrogen-bond acceptors (Lipinski definition) is 2. The van der Waals surface area contributed by atoms with E-state index in [4.69, 9.17) is 6.42 Å². The van der Waals surface area contributed by atoms with Crippen molar-refractivity contribution in [2.75, 3.05) is 5.32 Å². The average Bonchev–Trinajstić information content (AvgIpc) is 2.86. The molecule has 0 radical (unpaired) electrons. The van der Waals surface area contributed by atoms with Crippen LogP contribution >= 0.6 is 0 Å². The number of benzene rings is 1. The van der Waals surface area contributed by atoms with Crippen LogP contribution in [-0.2, 0) is 6.42 Å². The zero-order chi connectivity index (χ0) is 15.7. The molecule has 1 aromatic carbocycles. The molecule has 0 saturated carbocycles. The molecule has 0 aliphatic heterocycles. The van der Waals surface area contributed by atoms with E-state index in [-0.39, 0.29) is 11.7 Å². The third-order valence-corrected chi connectivity index (χ3v) is 3.95. The molecule has 1 heterocycles. The molecule has 3 rings (SSSR count). The van der Waals surface area contributed by atoms with E-state index in [0.29, 0.717) is 28.9 Å². The van der Waals surface area contributed by atoms with E-state index in [1.165, 1.54) is 0 Å². The van der Waals surface area contributed by atoms with Crippen LogP contribution in [0.2, 0.25) is 0 Å². The van der Waals surface area contributed by atoms with Crippen molar-refractivity contribution >= 4 is 17.4 Å². The third-order valence-electron chi connectivity index (χ3n) is 3.95. The number of aryl methyl sites for hydroxylation is 1. The Hall–Kier alpha value is -2.80. The van der Waals surface area contributed by atoms with Gasteiger partial charge in [0, 0.05) is 28.9 Å². The number of nitrogens with one attached hydrogen (secondary N) is 2. The quantitative estimate of drug-likeness (QED) is 0.836. The van der Waals surface area contributed by atoms with E-state index in [0.717, 1.165) is 24.1 Å². The second-order valence-corrected chi connectivity index (χ2v) is 5.43. The van der Waals surface area contributed by atoms with Gasteiger partial charge in [0.05, 0.1) is 0 Å². The maximum absolute atomic E-state index is 12.5. The first-order valence-electron chi connectivity index (χ1n) is 7.23. The highest BCUT2D eigenvalue weighted by atomic mass is 16.2. The molecule has 2 aromatic rings. The van der Waals surface area contributed by atoms with Crippen molar-refractivity contribution < 1.29 is 9.59 Å². The van der Waals surface area contributed by atoms with Crippen LogP contribution in [0.1, 0.15) is 50.5 Å². The van der Waals surface area contributed by atoms with Crippen LogP contribution in [0.25, 0.3) is 0 Å². The summed E-state index contributed by atoms with van der Waals surface area (Å²) in [5.74, 6) is 2.39. The van der Waals surface area contributed by atoms with E-state index < -0.39 is 0 Å². The normalized spacial score (nSPS) is 13.4. The van der Waals surface area contributed by atoms with Gasteiger partial charge in [-0.2, -0.15) is 0 Å². The zero-order valence-electron chi connectivity index (χ0n) is 12.3. The molecule has 4 nitrogen and oxygen atoms in total. The van der Waals surface area contributed by atoms with Gasteiger partial charge in [-0.1, -0.05) is 12.0 Å². The summed E-state index contributed by atoms with van der Waals surface area (Å²) in [6, 6.07) is 7.11. The molecule has 2 N–H and O–H groups in total. The molecule has 0 unspecified atom stereocenters. The minimum atomic E-state index is -0.256. The Bertz CT molecular complexity index is 809. The van der Waals surface area contributed by atoms with Crippen molar-refractivity contribution in [2.24, 2.45) is 0 Å². The summed E-state index contributed by atoms with van der Waals surface area (Å²) in [6.45, 7) is 1.81. The van der Waals surface area contributed by atoms with Gasteiger partial charge in [-0.3, -0.25) is 9.59 Å². The predicted molar refractivity (Wildman–Crippen MR) is 85.1 cm³/mol. The second kappa shape index (κ2) is 5.53. The van der Waals surface area contributed by atoms with Gasteiger partial charge in [0.25, 0.3) is 5.91 Å². The van der Waals surface area contributed by atoms with Crippen LogP contribution in [0, 0.1) is 19.3 Å². The van der Waals surface area contributed by atoms with Crippen LogP contribution in [0.15, 0.2) is 24.3 Å². The van der Waals surface area contributed by atoms with Gasteiger partial charge in [0.1, 0.15) is 5.69 Å². The number of carbonyl (C=O) groups excluding carboxylic acids is 2. The molecular weight excluding hydrogens is 276 g/mol. The fourth-order valence-corrected chi connectivity index (χ4v) is 2.88. The molecule has 0 saturated heterocycles. The van der Waals surface area contributed by atoms with Crippen molar-refractivity contribution in [1.82, 2.24) is 4.98 Å². The van der Waals surface area contributed by atoms with E-state index in [1.54, 1.807) is 24.3 Å². The number of H-pyrrole nitrogens is 1. The van der Waals surface area contributed by atoms with E-state index in [2.05, 4.69) is 16.2 Å². The van der Waals surface area contributed by atoms with Crippen molar-refractivity contribution in [2.45, 2.75) is 26.2 Å². The van der Waals surface area contributed by atoms with Gasteiger partial charge in [0.2, 0.25) is 0 Å². The summed E-state index contributed by atoms with van der Waals surface area (Å²) in [6.07, 6.45) is 7.55. The Balaban J connectivity index is 1.90. The summed E-state index contributed by atoms with van der Waals surface area (Å²) < 4.78 is 0. The highest BCUT2D eigenvalue weighted by molar-refractivity contribution is 6.08. The van der Waals surface area contributed by atoms with Crippen molar-refractivity contribution in [3.8, 4) is 12.3 Å². The smallest absolute Gasteiger partial charge is 0.272 e. The Morgan fingerprint density at radius 2 is 2.18 bits per heavy atom. The summed E-state index contributed by atoms with van der Waals surface area (Å²) in [5, 5.41) is 2.82. The summed E-state index contributed by atoms with van der Waals surface area (Å²) in [5.41, 5.74) is 4.08. The molecule has 0 bridgehead atoms. The van der Waals surface area contributed by atoms with Crippen molar-refractivity contribution in [1.29, 1.82) is 0 Å². The Labute approximate surface area is 128 Å². The maximum Gasteiger partial charge on any atom is 0.272 e. The van der Waals surface area contributed by atoms with E-state index in [9.17, 15) is 9.59 Å². The molecule has 1 aromatic heterocycles. The number of Topliss-reactive ketones (excluding diaryl/α,β-unsaturated/α-hetero) is 1. The van der Waals surface area contributed by atoms with Crippen LogP contribution in [-0.4, -0.2) is 16.7 Å². The minimum absolute atomic E-state index is 0.114. The van der Waals surface area contributed by atoms with Gasteiger partial charge in [-0.05, 0) is 43.5 Å². The standard InChI is InChI=1S/C18H16N2O2/c1-3-12-6-4-7-13(10-12)19-18(22)17-11(2)16-14(20-17)8-5-9-15(16)21/h1,4,6-7,10,20H,5,8-9H2,2H3,(H,19,22). The number of hydrogen-bond donors (Lipinski definition) is 2. The fourth-order valence-electron chi connectivity index (χ4n) is 2.88. The number of terminal acetylenes is 1. The molecule has 1 aliphatic rings. The molecule has 22 heavy (non-hydrogen) atoms. The Morgan fingerprint density at radius 1 is 1.36 bits per heavy atom. The average molecular weight is 292 g/mol. The number of aromatic amines is 1. The maximum atomic E-state index is 12.5.